The Balaban J connectivity index is 2.55. The van der Waals surface area contributed by atoms with E-state index in [1.807, 2.05) is 14.0 Å². The third kappa shape index (κ3) is 2.57. The van der Waals surface area contributed by atoms with E-state index < -0.39 is 11.6 Å². The highest BCUT2D eigenvalue weighted by atomic mass is 19.1. The van der Waals surface area contributed by atoms with Crippen molar-refractivity contribution in [2.45, 2.75) is 13.5 Å². The Bertz CT molecular complexity index is 564. The van der Waals surface area contributed by atoms with Crippen LogP contribution in [0.1, 0.15) is 11.1 Å². The number of nitrogens with one attached hydrogen (secondary N) is 1. The lowest BCUT2D eigenvalue weighted by molar-refractivity contribution is 0.615. The molecule has 94 valence electrons. The number of aryl methyl sites for hydroxylation is 1. The molecule has 0 saturated heterocycles. The van der Waals surface area contributed by atoms with Crippen LogP contribution >= 0.6 is 0 Å². The van der Waals surface area contributed by atoms with E-state index in [2.05, 4.69) is 5.32 Å². The Labute approximate surface area is 105 Å². The maximum Gasteiger partial charge on any atom is 0.131 e. The van der Waals surface area contributed by atoms with Gasteiger partial charge < -0.3 is 5.32 Å². The number of hydrogen-bond acceptors (Lipinski definition) is 1. The first-order valence-corrected chi connectivity index (χ1v) is 5.81. The van der Waals surface area contributed by atoms with Crippen molar-refractivity contribution in [3.05, 3.63) is 59.2 Å². The van der Waals surface area contributed by atoms with Crippen molar-refractivity contribution in [1.82, 2.24) is 5.32 Å². The van der Waals surface area contributed by atoms with Gasteiger partial charge in [0.1, 0.15) is 11.6 Å². The fourth-order valence-corrected chi connectivity index (χ4v) is 1.94. The Kier molecular flexibility index (Phi) is 3.72. The summed E-state index contributed by atoms with van der Waals surface area (Å²) in [6.07, 6.45) is 0. The zero-order chi connectivity index (χ0) is 13.1. The monoisotopic (exact) mass is 247 g/mol. The number of halogens is 2. The van der Waals surface area contributed by atoms with Crippen molar-refractivity contribution in [1.29, 1.82) is 0 Å². The molecule has 2 aromatic rings. The summed E-state index contributed by atoms with van der Waals surface area (Å²) in [6.45, 7) is 2.49. The molecule has 0 radical (unpaired) electrons. The SMILES string of the molecule is CNCc1ccc(F)c(-c2cc(C)ccc2F)c1. The van der Waals surface area contributed by atoms with Gasteiger partial charge >= 0.3 is 0 Å². The maximum absolute atomic E-state index is 13.8. The first kappa shape index (κ1) is 12.7. The molecular formula is C15H15F2N. The summed E-state index contributed by atoms with van der Waals surface area (Å²) in [5.74, 6) is -0.805. The van der Waals surface area contributed by atoms with E-state index >= 15 is 0 Å². The summed E-state index contributed by atoms with van der Waals surface area (Å²) >= 11 is 0. The number of benzene rings is 2. The Morgan fingerprint density at radius 3 is 2.22 bits per heavy atom. The van der Waals surface area contributed by atoms with Crippen LogP contribution in [0.25, 0.3) is 11.1 Å². The van der Waals surface area contributed by atoms with Crippen LogP contribution in [0.5, 0.6) is 0 Å². The van der Waals surface area contributed by atoms with Gasteiger partial charge in [-0.3, -0.25) is 0 Å². The van der Waals surface area contributed by atoms with Crippen LogP contribution in [0.4, 0.5) is 8.78 Å². The molecule has 0 heterocycles. The second-order valence-corrected chi connectivity index (χ2v) is 4.33. The highest BCUT2D eigenvalue weighted by Crippen LogP contribution is 2.27. The van der Waals surface area contributed by atoms with Gasteiger partial charge in [0.25, 0.3) is 0 Å². The van der Waals surface area contributed by atoms with Crippen LogP contribution < -0.4 is 5.32 Å². The van der Waals surface area contributed by atoms with Gasteiger partial charge in [-0.15, -0.1) is 0 Å². The molecule has 0 unspecified atom stereocenters. The van der Waals surface area contributed by atoms with Gasteiger partial charge in [0.05, 0.1) is 0 Å². The fraction of sp³-hybridized carbons (Fsp3) is 0.200. The molecular weight excluding hydrogens is 232 g/mol. The predicted octanol–water partition coefficient (Wildman–Crippen LogP) is 3.66. The van der Waals surface area contributed by atoms with Crippen LogP contribution in [0.15, 0.2) is 36.4 Å². The first-order chi connectivity index (χ1) is 8.61. The molecule has 0 aliphatic carbocycles. The molecule has 0 spiro atoms. The highest BCUT2D eigenvalue weighted by Gasteiger charge is 2.11. The molecule has 0 aliphatic heterocycles. The Morgan fingerprint density at radius 1 is 0.944 bits per heavy atom. The molecule has 0 aliphatic rings. The molecule has 0 bridgehead atoms. The molecule has 0 fully saturated rings. The third-order valence-corrected chi connectivity index (χ3v) is 2.82. The van der Waals surface area contributed by atoms with Crippen LogP contribution in [-0.2, 0) is 6.54 Å². The summed E-state index contributed by atoms with van der Waals surface area (Å²) in [7, 11) is 1.82. The minimum absolute atomic E-state index is 0.309. The molecule has 2 aromatic carbocycles. The standard InChI is InChI=1S/C15H15F2N/c1-10-3-5-14(16)12(7-10)13-8-11(9-18-2)4-6-15(13)17/h3-8,18H,9H2,1-2H3. The zero-order valence-electron chi connectivity index (χ0n) is 10.4. The topological polar surface area (TPSA) is 12.0 Å². The average molecular weight is 247 g/mol. The molecule has 0 amide bonds. The average Bonchev–Trinajstić information content (AvgIpc) is 2.35. The molecule has 2 rings (SSSR count). The lowest BCUT2D eigenvalue weighted by Gasteiger charge is -2.09. The van der Waals surface area contributed by atoms with E-state index in [0.29, 0.717) is 17.7 Å². The lowest BCUT2D eigenvalue weighted by atomic mass is 10.00. The van der Waals surface area contributed by atoms with Crippen LogP contribution in [0.2, 0.25) is 0 Å². The Morgan fingerprint density at radius 2 is 1.56 bits per heavy atom. The van der Waals surface area contributed by atoms with Crippen molar-refractivity contribution < 1.29 is 8.78 Å². The molecule has 18 heavy (non-hydrogen) atoms. The van der Waals surface area contributed by atoms with Crippen LogP contribution in [-0.4, -0.2) is 7.05 Å². The zero-order valence-corrected chi connectivity index (χ0v) is 10.4. The summed E-state index contributed by atoms with van der Waals surface area (Å²) in [6, 6.07) is 9.47. The second kappa shape index (κ2) is 5.27. The number of hydrogen-bond donors (Lipinski definition) is 1. The fourth-order valence-electron chi connectivity index (χ4n) is 1.94. The van der Waals surface area contributed by atoms with Gasteiger partial charge in [-0.25, -0.2) is 8.78 Å². The van der Waals surface area contributed by atoms with Crippen molar-refractivity contribution in [2.75, 3.05) is 7.05 Å². The van der Waals surface area contributed by atoms with Crippen LogP contribution in [0, 0.1) is 18.6 Å². The van der Waals surface area contributed by atoms with Gasteiger partial charge in [0.2, 0.25) is 0 Å². The first-order valence-electron chi connectivity index (χ1n) is 5.81. The van der Waals surface area contributed by atoms with Crippen molar-refractivity contribution in [3.63, 3.8) is 0 Å². The normalized spacial score (nSPS) is 10.7. The number of rotatable bonds is 3. The van der Waals surface area contributed by atoms with E-state index in [1.54, 1.807) is 24.3 Å². The third-order valence-electron chi connectivity index (χ3n) is 2.82. The van der Waals surface area contributed by atoms with E-state index in [-0.39, 0.29) is 0 Å². The quantitative estimate of drug-likeness (QED) is 0.872. The second-order valence-electron chi connectivity index (χ2n) is 4.33. The smallest absolute Gasteiger partial charge is 0.131 e. The van der Waals surface area contributed by atoms with Gasteiger partial charge in [0.15, 0.2) is 0 Å². The molecule has 1 nitrogen and oxygen atoms in total. The van der Waals surface area contributed by atoms with Crippen molar-refractivity contribution >= 4 is 0 Å². The predicted molar refractivity (Wildman–Crippen MR) is 69.3 cm³/mol. The minimum Gasteiger partial charge on any atom is -0.316 e. The van der Waals surface area contributed by atoms with Crippen LogP contribution in [0.3, 0.4) is 0 Å². The van der Waals surface area contributed by atoms with E-state index in [1.165, 1.54) is 12.1 Å². The highest BCUT2D eigenvalue weighted by molar-refractivity contribution is 5.66. The summed E-state index contributed by atoms with van der Waals surface area (Å²) < 4.78 is 27.6. The molecule has 1 N–H and O–H groups in total. The lowest BCUT2D eigenvalue weighted by Crippen LogP contribution is -2.05. The molecule has 3 heteroatoms. The largest absolute Gasteiger partial charge is 0.316 e. The van der Waals surface area contributed by atoms with Crippen molar-refractivity contribution in [2.24, 2.45) is 0 Å². The minimum atomic E-state index is -0.403. The molecule has 0 atom stereocenters. The molecule has 0 aromatic heterocycles. The maximum atomic E-state index is 13.8. The Hall–Kier alpha value is -1.74. The van der Waals surface area contributed by atoms with Crippen molar-refractivity contribution in [3.8, 4) is 11.1 Å². The van der Waals surface area contributed by atoms with Gasteiger partial charge in [-0.1, -0.05) is 17.7 Å². The summed E-state index contributed by atoms with van der Waals surface area (Å²) in [4.78, 5) is 0. The van der Waals surface area contributed by atoms with E-state index in [0.717, 1.165) is 11.1 Å². The summed E-state index contributed by atoms with van der Waals surface area (Å²) in [5.41, 5.74) is 2.45. The van der Waals surface area contributed by atoms with E-state index in [9.17, 15) is 8.78 Å². The van der Waals surface area contributed by atoms with Gasteiger partial charge in [-0.05, 0) is 43.8 Å². The van der Waals surface area contributed by atoms with E-state index in [4.69, 9.17) is 0 Å². The summed E-state index contributed by atoms with van der Waals surface area (Å²) in [5, 5.41) is 2.99. The van der Waals surface area contributed by atoms with Gasteiger partial charge in [0, 0.05) is 17.7 Å². The molecule has 0 saturated carbocycles. The van der Waals surface area contributed by atoms with Gasteiger partial charge in [-0.2, -0.15) is 0 Å².